The number of nitrogens with zero attached hydrogens (tertiary/aromatic N) is 1. The largest absolute Gasteiger partial charge is 0.394 e. The predicted molar refractivity (Wildman–Crippen MR) is 65.5 cm³/mol. The Hall–Kier alpha value is -1.28. The van der Waals surface area contributed by atoms with Crippen molar-refractivity contribution in [1.82, 2.24) is 0 Å². The van der Waals surface area contributed by atoms with Crippen molar-refractivity contribution in [3.05, 3.63) is 32.3 Å². The fraction of sp³-hybridized carbons (Fsp3) is 0.400. The van der Waals surface area contributed by atoms with E-state index >= 15 is 0 Å². The summed E-state index contributed by atoms with van der Waals surface area (Å²) < 4.78 is 26.7. The van der Waals surface area contributed by atoms with Crippen molar-refractivity contribution in [3.63, 3.8) is 0 Å². The molecule has 100 valence electrons. The number of aliphatic hydroxyl groups excluding tert-OH is 1. The first kappa shape index (κ1) is 14.8. The Bertz CT molecular complexity index is 495. The van der Waals surface area contributed by atoms with Crippen molar-refractivity contribution in [2.45, 2.75) is 19.4 Å². The lowest BCUT2D eigenvalue weighted by Gasteiger charge is -2.25. The van der Waals surface area contributed by atoms with Gasteiger partial charge in [-0.15, -0.1) is 0 Å². The Morgan fingerprint density at radius 3 is 2.50 bits per heavy atom. The second-order valence-electron chi connectivity index (χ2n) is 4.30. The zero-order chi connectivity index (χ0) is 14.1. The molecule has 0 saturated heterocycles. The van der Waals surface area contributed by atoms with Crippen molar-refractivity contribution in [2.75, 3.05) is 11.9 Å². The first-order chi connectivity index (χ1) is 8.19. The number of nitrogens with one attached hydrogen (secondary N) is 1. The first-order valence-electron chi connectivity index (χ1n) is 4.90. The van der Waals surface area contributed by atoms with E-state index in [0.717, 1.165) is 6.07 Å². The van der Waals surface area contributed by atoms with Crippen LogP contribution >= 0.6 is 15.9 Å². The fourth-order valence-corrected chi connectivity index (χ4v) is 1.61. The summed E-state index contributed by atoms with van der Waals surface area (Å²) in [4.78, 5) is 9.97. The van der Waals surface area contributed by atoms with Crippen LogP contribution in [-0.4, -0.2) is 22.2 Å². The zero-order valence-electron chi connectivity index (χ0n) is 9.63. The van der Waals surface area contributed by atoms with E-state index in [1.165, 1.54) is 13.8 Å². The molecule has 0 spiro atoms. The monoisotopic (exact) mass is 324 g/mol. The van der Waals surface area contributed by atoms with E-state index in [2.05, 4.69) is 21.2 Å². The third-order valence-electron chi connectivity index (χ3n) is 2.20. The molecule has 8 heteroatoms. The van der Waals surface area contributed by atoms with Crippen molar-refractivity contribution in [3.8, 4) is 0 Å². The highest BCUT2D eigenvalue weighted by Gasteiger charge is 2.28. The standard InChI is InChI=1S/C10H11BrF2N2O3/c1-10(2,4-16)14-9-6(15(17)18)3-5(11)7(12)8(9)13/h3,14,16H,4H2,1-2H3. The van der Waals surface area contributed by atoms with Crippen LogP contribution in [0, 0.1) is 21.7 Å². The molecule has 0 atom stereocenters. The van der Waals surface area contributed by atoms with Crippen LogP contribution in [0.1, 0.15) is 13.8 Å². The molecular formula is C10H11BrF2N2O3. The number of benzene rings is 1. The maximum Gasteiger partial charge on any atom is 0.296 e. The molecule has 0 bridgehead atoms. The number of hydrogen-bond donors (Lipinski definition) is 2. The number of rotatable bonds is 4. The molecule has 5 nitrogen and oxygen atoms in total. The van der Waals surface area contributed by atoms with Gasteiger partial charge in [-0.25, -0.2) is 8.78 Å². The van der Waals surface area contributed by atoms with Gasteiger partial charge in [0.25, 0.3) is 5.69 Å². The Morgan fingerprint density at radius 2 is 2.06 bits per heavy atom. The molecule has 0 aliphatic rings. The predicted octanol–water partition coefficient (Wildman–Crippen LogP) is 2.82. The highest BCUT2D eigenvalue weighted by atomic mass is 79.9. The molecule has 2 N–H and O–H groups in total. The van der Waals surface area contributed by atoms with E-state index in [9.17, 15) is 18.9 Å². The minimum atomic E-state index is -1.36. The molecule has 0 saturated carbocycles. The summed E-state index contributed by atoms with van der Waals surface area (Å²) >= 11 is 2.70. The minimum Gasteiger partial charge on any atom is -0.394 e. The van der Waals surface area contributed by atoms with Crippen LogP contribution < -0.4 is 5.32 Å². The summed E-state index contributed by atoms with van der Waals surface area (Å²) in [5.41, 5.74) is -2.21. The van der Waals surface area contributed by atoms with Gasteiger partial charge >= 0.3 is 0 Å². The smallest absolute Gasteiger partial charge is 0.296 e. The van der Waals surface area contributed by atoms with Crippen molar-refractivity contribution in [2.24, 2.45) is 0 Å². The average Bonchev–Trinajstić information content (AvgIpc) is 2.29. The molecule has 18 heavy (non-hydrogen) atoms. The summed E-state index contributed by atoms with van der Waals surface area (Å²) in [6.45, 7) is 2.59. The summed E-state index contributed by atoms with van der Waals surface area (Å²) in [7, 11) is 0. The van der Waals surface area contributed by atoms with Gasteiger partial charge in [-0.2, -0.15) is 0 Å². The van der Waals surface area contributed by atoms with Gasteiger partial charge in [0.1, 0.15) is 0 Å². The molecule has 0 unspecified atom stereocenters. The van der Waals surface area contributed by atoms with E-state index in [0.29, 0.717) is 0 Å². The molecule has 0 aliphatic heterocycles. The molecule has 0 aromatic heterocycles. The Balaban J connectivity index is 3.41. The van der Waals surface area contributed by atoms with Gasteiger partial charge in [0.05, 0.1) is 21.5 Å². The van der Waals surface area contributed by atoms with E-state index < -0.39 is 40.1 Å². The maximum absolute atomic E-state index is 13.7. The van der Waals surface area contributed by atoms with Gasteiger partial charge in [0, 0.05) is 6.07 Å². The van der Waals surface area contributed by atoms with Gasteiger partial charge < -0.3 is 10.4 Å². The van der Waals surface area contributed by atoms with Crippen LogP contribution in [-0.2, 0) is 0 Å². The van der Waals surface area contributed by atoms with Crippen LogP contribution in [0.5, 0.6) is 0 Å². The average molecular weight is 325 g/mol. The Labute approximate surface area is 110 Å². The number of hydrogen-bond acceptors (Lipinski definition) is 4. The molecule has 0 radical (unpaired) electrons. The third kappa shape index (κ3) is 2.94. The molecule has 0 aliphatic carbocycles. The second kappa shape index (κ2) is 5.15. The lowest BCUT2D eigenvalue weighted by atomic mass is 10.1. The molecule has 0 heterocycles. The number of halogens is 3. The number of aliphatic hydroxyl groups is 1. The van der Waals surface area contributed by atoms with Crippen LogP contribution in [0.3, 0.4) is 0 Å². The molecule has 1 aromatic carbocycles. The quantitative estimate of drug-likeness (QED) is 0.507. The summed E-state index contributed by atoms with van der Waals surface area (Å²) in [6, 6.07) is 0.869. The van der Waals surface area contributed by atoms with Crippen LogP contribution in [0.15, 0.2) is 10.5 Å². The van der Waals surface area contributed by atoms with Crippen LogP contribution in [0.2, 0.25) is 0 Å². The molecule has 1 rings (SSSR count). The van der Waals surface area contributed by atoms with Crippen molar-refractivity contribution < 1.29 is 18.8 Å². The minimum absolute atomic E-state index is 0.334. The summed E-state index contributed by atoms with van der Waals surface area (Å²) in [5.74, 6) is -2.59. The molecular weight excluding hydrogens is 314 g/mol. The van der Waals surface area contributed by atoms with Crippen molar-refractivity contribution >= 4 is 27.3 Å². The number of nitro groups is 1. The Kier molecular flexibility index (Phi) is 4.23. The molecule has 1 aromatic rings. The van der Waals surface area contributed by atoms with Gasteiger partial charge in [-0.1, -0.05) is 0 Å². The van der Waals surface area contributed by atoms with Crippen LogP contribution in [0.25, 0.3) is 0 Å². The maximum atomic E-state index is 13.7. The molecule has 0 amide bonds. The van der Waals surface area contributed by atoms with Gasteiger partial charge in [-0.05, 0) is 29.8 Å². The van der Waals surface area contributed by atoms with E-state index in [4.69, 9.17) is 5.11 Å². The van der Waals surface area contributed by atoms with Crippen molar-refractivity contribution in [1.29, 1.82) is 0 Å². The Morgan fingerprint density at radius 1 is 1.50 bits per heavy atom. The first-order valence-corrected chi connectivity index (χ1v) is 5.70. The van der Waals surface area contributed by atoms with E-state index in [1.54, 1.807) is 0 Å². The SMILES string of the molecule is CC(C)(CO)Nc1c([N+](=O)[O-])cc(Br)c(F)c1F. The lowest BCUT2D eigenvalue weighted by molar-refractivity contribution is -0.384. The van der Waals surface area contributed by atoms with Crippen LogP contribution in [0.4, 0.5) is 20.2 Å². The normalized spacial score (nSPS) is 11.4. The zero-order valence-corrected chi connectivity index (χ0v) is 11.2. The van der Waals surface area contributed by atoms with E-state index in [-0.39, 0.29) is 4.47 Å². The third-order valence-corrected chi connectivity index (χ3v) is 2.77. The lowest BCUT2D eigenvalue weighted by Crippen LogP contribution is -2.35. The number of nitro benzene ring substituents is 1. The highest BCUT2D eigenvalue weighted by molar-refractivity contribution is 9.10. The van der Waals surface area contributed by atoms with Gasteiger partial charge in [0.15, 0.2) is 17.3 Å². The second-order valence-corrected chi connectivity index (χ2v) is 5.16. The number of anilines is 1. The summed E-state index contributed by atoms with van der Waals surface area (Å²) in [5, 5.41) is 22.3. The fourth-order valence-electron chi connectivity index (χ4n) is 1.22. The summed E-state index contributed by atoms with van der Waals surface area (Å²) in [6.07, 6.45) is 0. The van der Waals surface area contributed by atoms with Gasteiger partial charge in [-0.3, -0.25) is 10.1 Å². The highest BCUT2D eigenvalue weighted by Crippen LogP contribution is 2.35. The van der Waals surface area contributed by atoms with Gasteiger partial charge in [0.2, 0.25) is 0 Å². The van der Waals surface area contributed by atoms with E-state index in [1.807, 2.05) is 0 Å². The topological polar surface area (TPSA) is 75.4 Å². The molecule has 0 fully saturated rings.